The Bertz CT molecular complexity index is 624. The zero-order valence-corrected chi connectivity index (χ0v) is 19.2. The van der Waals surface area contributed by atoms with Crippen molar-refractivity contribution in [1.82, 2.24) is 0 Å². The molecule has 1 aromatic carbocycles. The van der Waals surface area contributed by atoms with Gasteiger partial charge in [-0.25, -0.2) is 0 Å². The molecule has 0 bridgehead atoms. The Morgan fingerprint density at radius 1 is 0.815 bits per heavy atom. The van der Waals surface area contributed by atoms with Crippen LogP contribution in [0.5, 0.6) is 0 Å². The first-order valence-electron chi connectivity index (χ1n) is 11.6. The predicted octanol–water partition coefficient (Wildman–Crippen LogP) is 7.80. The van der Waals surface area contributed by atoms with Crippen molar-refractivity contribution >= 4 is 8.07 Å². The van der Waals surface area contributed by atoms with Crippen LogP contribution in [0, 0.1) is 29.2 Å². The Labute approximate surface area is 169 Å². The molecule has 0 saturated heterocycles. The van der Waals surface area contributed by atoms with E-state index in [1.807, 2.05) is 0 Å². The van der Waals surface area contributed by atoms with Crippen LogP contribution >= 0.6 is 0 Å². The molecule has 2 aliphatic rings. The fourth-order valence-corrected chi connectivity index (χ4v) is 5.90. The van der Waals surface area contributed by atoms with Gasteiger partial charge in [-0.15, -0.1) is 5.54 Å². The summed E-state index contributed by atoms with van der Waals surface area (Å²) in [6.45, 7) is 9.27. The highest BCUT2D eigenvalue weighted by molar-refractivity contribution is 6.83. The normalized spacial score (nSPS) is 29.0. The van der Waals surface area contributed by atoms with E-state index in [2.05, 4.69) is 62.3 Å². The highest BCUT2D eigenvalue weighted by Crippen LogP contribution is 2.44. The lowest BCUT2D eigenvalue weighted by Crippen LogP contribution is -2.25. The maximum Gasteiger partial charge on any atom is 0.129 e. The van der Waals surface area contributed by atoms with Gasteiger partial charge in [0.15, 0.2) is 0 Å². The van der Waals surface area contributed by atoms with Crippen LogP contribution in [0.15, 0.2) is 24.3 Å². The van der Waals surface area contributed by atoms with E-state index in [-0.39, 0.29) is 0 Å². The zero-order chi connectivity index (χ0) is 19.3. The van der Waals surface area contributed by atoms with Crippen molar-refractivity contribution in [2.75, 3.05) is 0 Å². The first-order chi connectivity index (χ1) is 12.9. The first kappa shape index (κ1) is 20.7. The summed E-state index contributed by atoms with van der Waals surface area (Å²) in [5, 5.41) is 0. The zero-order valence-electron chi connectivity index (χ0n) is 18.2. The van der Waals surface area contributed by atoms with Gasteiger partial charge in [-0.1, -0.05) is 70.3 Å². The lowest BCUT2D eigenvalue weighted by Gasteiger charge is -2.38. The summed E-state index contributed by atoms with van der Waals surface area (Å²) in [7, 11) is -1.28. The molecule has 148 valence electrons. The molecule has 27 heavy (non-hydrogen) atoms. The van der Waals surface area contributed by atoms with E-state index >= 15 is 0 Å². The lowest BCUT2D eigenvalue weighted by molar-refractivity contribution is 0.156. The van der Waals surface area contributed by atoms with Gasteiger partial charge in [0.2, 0.25) is 0 Å². The molecule has 0 amide bonds. The quantitative estimate of drug-likeness (QED) is 0.369. The van der Waals surface area contributed by atoms with Gasteiger partial charge < -0.3 is 0 Å². The maximum absolute atomic E-state index is 3.48. The molecule has 0 heterocycles. The molecule has 0 spiro atoms. The molecule has 0 nitrogen and oxygen atoms in total. The average Bonchev–Trinajstić information content (AvgIpc) is 2.67. The molecular formula is C26H40Si. The Morgan fingerprint density at radius 2 is 1.37 bits per heavy atom. The molecule has 0 atom stereocenters. The molecule has 0 radical (unpaired) electrons. The van der Waals surface area contributed by atoms with Crippen molar-refractivity contribution < 1.29 is 0 Å². The van der Waals surface area contributed by atoms with Crippen molar-refractivity contribution in [2.24, 2.45) is 17.8 Å². The minimum absolute atomic E-state index is 0.789. The molecule has 0 N–H and O–H groups in total. The number of rotatable bonds is 4. The van der Waals surface area contributed by atoms with Gasteiger partial charge in [0.1, 0.15) is 8.07 Å². The van der Waals surface area contributed by atoms with Crippen LogP contribution in [0.25, 0.3) is 0 Å². The molecule has 2 saturated carbocycles. The van der Waals surface area contributed by atoms with Crippen molar-refractivity contribution in [1.29, 1.82) is 0 Å². The minimum atomic E-state index is -1.28. The number of hydrogen-bond donors (Lipinski definition) is 0. The fourth-order valence-electron chi connectivity index (χ4n) is 5.38. The number of hydrogen-bond acceptors (Lipinski definition) is 0. The summed E-state index contributed by atoms with van der Waals surface area (Å²) in [6, 6.07) is 9.22. The topological polar surface area (TPSA) is 0 Å². The average molecular weight is 381 g/mol. The fraction of sp³-hybridized carbons (Fsp3) is 0.692. The highest BCUT2D eigenvalue weighted by Gasteiger charge is 2.31. The van der Waals surface area contributed by atoms with Crippen molar-refractivity contribution in [3.05, 3.63) is 35.4 Å². The molecule has 0 aliphatic heterocycles. The summed E-state index contributed by atoms with van der Waals surface area (Å²) in [5.74, 6) is 7.28. The third-order valence-corrected chi connectivity index (χ3v) is 7.87. The highest BCUT2D eigenvalue weighted by atomic mass is 28.3. The van der Waals surface area contributed by atoms with Crippen molar-refractivity contribution in [3.8, 4) is 11.5 Å². The third kappa shape index (κ3) is 6.25. The smallest absolute Gasteiger partial charge is 0.127 e. The Balaban J connectivity index is 1.48. The Kier molecular flexibility index (Phi) is 7.27. The Morgan fingerprint density at radius 3 is 1.89 bits per heavy atom. The SMILES string of the molecule is CCCC1CCC(C2CCC(c3ccc(C#C[Si](C)(C)C)cc3)CC2)CC1. The van der Waals surface area contributed by atoms with Gasteiger partial charge in [-0.05, 0) is 79.9 Å². The van der Waals surface area contributed by atoms with Gasteiger partial charge in [0.25, 0.3) is 0 Å². The van der Waals surface area contributed by atoms with Crippen LogP contribution in [0.4, 0.5) is 0 Å². The van der Waals surface area contributed by atoms with Crippen LogP contribution < -0.4 is 0 Å². The molecule has 0 unspecified atom stereocenters. The second kappa shape index (κ2) is 9.47. The van der Waals surface area contributed by atoms with E-state index in [9.17, 15) is 0 Å². The summed E-state index contributed by atoms with van der Waals surface area (Å²) >= 11 is 0. The van der Waals surface area contributed by atoms with E-state index in [0.717, 1.165) is 23.7 Å². The second-order valence-electron chi connectivity index (χ2n) is 10.3. The van der Waals surface area contributed by atoms with Gasteiger partial charge in [-0.2, -0.15) is 0 Å². The second-order valence-corrected chi connectivity index (χ2v) is 15.1. The largest absolute Gasteiger partial charge is 0.129 e. The Hall–Kier alpha value is -1.00. The van der Waals surface area contributed by atoms with E-state index < -0.39 is 8.07 Å². The van der Waals surface area contributed by atoms with Gasteiger partial charge in [0.05, 0.1) is 0 Å². The van der Waals surface area contributed by atoms with Crippen molar-refractivity contribution in [2.45, 2.75) is 96.7 Å². The lowest BCUT2D eigenvalue weighted by atomic mass is 9.68. The predicted molar refractivity (Wildman–Crippen MR) is 122 cm³/mol. The van der Waals surface area contributed by atoms with Gasteiger partial charge >= 0.3 is 0 Å². The van der Waals surface area contributed by atoms with Crippen molar-refractivity contribution in [3.63, 3.8) is 0 Å². The van der Waals surface area contributed by atoms with Gasteiger partial charge in [-0.3, -0.25) is 0 Å². The van der Waals surface area contributed by atoms with Gasteiger partial charge in [0, 0.05) is 5.56 Å². The molecule has 2 fully saturated rings. The van der Waals surface area contributed by atoms with Crippen LogP contribution in [0.1, 0.15) is 88.2 Å². The monoisotopic (exact) mass is 380 g/mol. The number of benzene rings is 1. The van der Waals surface area contributed by atoms with Crippen LogP contribution in [0.2, 0.25) is 19.6 Å². The molecular weight excluding hydrogens is 340 g/mol. The molecule has 1 heteroatoms. The maximum atomic E-state index is 3.48. The molecule has 2 aliphatic carbocycles. The van der Waals surface area contributed by atoms with E-state index in [1.54, 1.807) is 5.56 Å². The summed E-state index contributed by atoms with van der Waals surface area (Å²) < 4.78 is 0. The summed E-state index contributed by atoms with van der Waals surface area (Å²) in [5.41, 5.74) is 6.23. The molecule has 0 aromatic heterocycles. The standard InChI is InChI=1S/C26H40Si/c1-5-6-21-7-11-23(12-8-21)25-15-17-26(18-16-25)24-13-9-22(10-14-24)19-20-27(2,3)4/h9-10,13-14,21,23,25-26H,5-8,11-12,15-18H2,1-4H3. The third-order valence-electron chi connectivity index (χ3n) is 6.99. The van der Waals surface area contributed by atoms with Crippen LogP contribution in [0.3, 0.4) is 0 Å². The van der Waals surface area contributed by atoms with E-state index in [0.29, 0.717) is 0 Å². The summed E-state index contributed by atoms with van der Waals surface area (Å²) in [4.78, 5) is 0. The molecule has 1 aromatic rings. The molecule has 3 rings (SSSR count). The summed E-state index contributed by atoms with van der Waals surface area (Å²) in [6.07, 6.45) is 14.6. The minimum Gasteiger partial charge on any atom is -0.127 e. The first-order valence-corrected chi connectivity index (χ1v) is 15.1. The van der Waals surface area contributed by atoms with E-state index in [4.69, 9.17) is 0 Å². The van der Waals surface area contributed by atoms with Crippen LogP contribution in [-0.2, 0) is 0 Å². The van der Waals surface area contributed by atoms with E-state index in [1.165, 1.54) is 69.8 Å². The van der Waals surface area contributed by atoms with Crippen LogP contribution in [-0.4, -0.2) is 8.07 Å².